The van der Waals surface area contributed by atoms with E-state index in [0.29, 0.717) is 6.54 Å². The summed E-state index contributed by atoms with van der Waals surface area (Å²) in [5.74, 6) is 0.822. The van der Waals surface area contributed by atoms with E-state index in [-0.39, 0.29) is 17.5 Å². The van der Waals surface area contributed by atoms with Gasteiger partial charge < -0.3 is 15.4 Å². The van der Waals surface area contributed by atoms with Gasteiger partial charge in [-0.1, -0.05) is 20.8 Å². The minimum Gasteiger partial charge on any atom is -0.497 e. The topological polar surface area (TPSA) is 68.2 Å². The van der Waals surface area contributed by atoms with Gasteiger partial charge in [0.05, 0.1) is 30.7 Å². The van der Waals surface area contributed by atoms with Crippen LogP contribution in [0.15, 0.2) is 30.5 Å². The number of hydrogen-bond donors (Lipinski definition) is 2. The molecule has 1 heterocycles. The van der Waals surface area contributed by atoms with Gasteiger partial charge in [-0.3, -0.25) is 0 Å². The van der Waals surface area contributed by atoms with Crippen molar-refractivity contribution in [2.24, 2.45) is 5.41 Å². The molecule has 2 aromatic rings. The second-order valence-corrected chi connectivity index (χ2v) is 7.65. The van der Waals surface area contributed by atoms with Crippen molar-refractivity contribution in [3.8, 4) is 11.4 Å². The highest BCUT2D eigenvalue weighted by Crippen LogP contribution is 2.41. The van der Waals surface area contributed by atoms with Crippen molar-refractivity contribution < 1.29 is 9.53 Å². The third-order valence-corrected chi connectivity index (χ3v) is 4.84. The maximum Gasteiger partial charge on any atom is 0.315 e. The van der Waals surface area contributed by atoms with Crippen molar-refractivity contribution in [3.63, 3.8) is 0 Å². The average molecular weight is 356 g/mol. The van der Waals surface area contributed by atoms with E-state index >= 15 is 0 Å². The van der Waals surface area contributed by atoms with Crippen molar-refractivity contribution in [3.05, 3.63) is 41.7 Å². The molecule has 6 heteroatoms. The molecular formula is C20H28N4O2. The molecule has 0 saturated heterocycles. The number of urea groups is 1. The Balaban J connectivity index is 1.89. The molecule has 26 heavy (non-hydrogen) atoms. The van der Waals surface area contributed by atoms with Crippen molar-refractivity contribution in [2.75, 3.05) is 13.7 Å². The number of benzene rings is 1. The van der Waals surface area contributed by atoms with Crippen LogP contribution in [0, 0.1) is 5.41 Å². The number of methoxy groups -OCH3 is 1. The standard InChI is InChI=1S/C20H28N4O2/c1-5-10-21-19(25)23-17-11-20(2,3)12-18-16(17)13-22-24(18)14-6-8-15(26-4)9-7-14/h6-9,13,17H,5,10-12H2,1-4H3,(H2,21,23,25)/t17-/m0/s1. The van der Waals surface area contributed by atoms with E-state index in [1.54, 1.807) is 7.11 Å². The Morgan fingerprint density at radius 3 is 2.73 bits per heavy atom. The molecule has 6 nitrogen and oxygen atoms in total. The Bertz CT molecular complexity index is 765. The van der Waals surface area contributed by atoms with E-state index in [0.717, 1.165) is 42.0 Å². The number of hydrogen-bond acceptors (Lipinski definition) is 3. The van der Waals surface area contributed by atoms with Crippen LogP contribution in [0.5, 0.6) is 5.75 Å². The Morgan fingerprint density at radius 1 is 1.35 bits per heavy atom. The molecule has 0 radical (unpaired) electrons. The Labute approximate surface area is 154 Å². The number of carbonyl (C=O) groups excluding carboxylic acids is 1. The van der Waals surface area contributed by atoms with Crippen LogP contribution < -0.4 is 15.4 Å². The van der Waals surface area contributed by atoms with E-state index < -0.39 is 0 Å². The predicted octanol–water partition coefficient (Wildman–Crippen LogP) is 3.60. The van der Waals surface area contributed by atoms with Gasteiger partial charge in [0, 0.05) is 12.1 Å². The number of nitrogens with zero attached hydrogens (tertiary/aromatic N) is 2. The number of ether oxygens (including phenoxy) is 1. The zero-order chi connectivity index (χ0) is 18.7. The van der Waals surface area contributed by atoms with Crippen molar-refractivity contribution in [1.29, 1.82) is 0 Å². The van der Waals surface area contributed by atoms with Gasteiger partial charge in [0.25, 0.3) is 0 Å². The van der Waals surface area contributed by atoms with Crippen molar-refractivity contribution in [2.45, 2.75) is 46.1 Å². The summed E-state index contributed by atoms with van der Waals surface area (Å²) in [6.07, 6.45) is 4.63. The number of nitrogens with one attached hydrogen (secondary N) is 2. The first-order chi connectivity index (χ1) is 12.4. The highest BCUT2D eigenvalue weighted by molar-refractivity contribution is 5.74. The lowest BCUT2D eigenvalue weighted by molar-refractivity contribution is 0.221. The molecule has 0 saturated carbocycles. The monoisotopic (exact) mass is 356 g/mol. The minimum atomic E-state index is -0.113. The van der Waals surface area contributed by atoms with E-state index in [9.17, 15) is 4.79 Å². The molecule has 0 spiro atoms. The quantitative estimate of drug-likeness (QED) is 0.860. The van der Waals surface area contributed by atoms with Gasteiger partial charge in [-0.15, -0.1) is 0 Å². The van der Waals surface area contributed by atoms with Crippen molar-refractivity contribution >= 4 is 6.03 Å². The lowest BCUT2D eigenvalue weighted by atomic mass is 9.74. The van der Waals surface area contributed by atoms with Gasteiger partial charge in [0.1, 0.15) is 5.75 Å². The van der Waals surface area contributed by atoms with Crippen LogP contribution in [-0.2, 0) is 6.42 Å². The van der Waals surface area contributed by atoms with Gasteiger partial charge in [-0.25, -0.2) is 9.48 Å². The Kier molecular flexibility index (Phi) is 5.20. The SMILES string of the molecule is CCCNC(=O)N[C@H]1CC(C)(C)Cc2c1cnn2-c1ccc(OC)cc1. The van der Waals surface area contributed by atoms with Crippen LogP contribution in [0.3, 0.4) is 0 Å². The van der Waals surface area contributed by atoms with Crippen LogP contribution in [0.2, 0.25) is 0 Å². The lowest BCUT2D eigenvalue weighted by Gasteiger charge is -2.36. The number of amides is 2. The van der Waals surface area contributed by atoms with Crippen molar-refractivity contribution in [1.82, 2.24) is 20.4 Å². The first-order valence-electron chi connectivity index (χ1n) is 9.19. The summed E-state index contributed by atoms with van der Waals surface area (Å²) >= 11 is 0. The molecule has 2 amide bonds. The highest BCUT2D eigenvalue weighted by Gasteiger charge is 2.36. The largest absolute Gasteiger partial charge is 0.497 e. The van der Waals surface area contributed by atoms with Gasteiger partial charge in [-0.05, 0) is 48.9 Å². The summed E-state index contributed by atoms with van der Waals surface area (Å²) in [5, 5.41) is 10.6. The fourth-order valence-corrected chi connectivity index (χ4v) is 3.56. The Morgan fingerprint density at radius 2 is 2.08 bits per heavy atom. The second kappa shape index (κ2) is 7.40. The first kappa shape index (κ1) is 18.3. The predicted molar refractivity (Wildman–Crippen MR) is 102 cm³/mol. The summed E-state index contributed by atoms with van der Waals surface area (Å²) in [6, 6.07) is 7.74. The van der Waals surface area contributed by atoms with E-state index in [1.807, 2.05) is 42.1 Å². The molecule has 1 aromatic heterocycles. The molecule has 2 N–H and O–H groups in total. The zero-order valence-electron chi connectivity index (χ0n) is 16.0. The molecule has 140 valence electrons. The van der Waals surface area contributed by atoms with Crippen LogP contribution >= 0.6 is 0 Å². The zero-order valence-corrected chi connectivity index (χ0v) is 16.0. The smallest absolute Gasteiger partial charge is 0.315 e. The molecule has 1 aromatic carbocycles. The maximum atomic E-state index is 12.2. The third-order valence-electron chi connectivity index (χ3n) is 4.84. The summed E-state index contributed by atoms with van der Waals surface area (Å²) in [5.41, 5.74) is 3.35. The maximum absolute atomic E-state index is 12.2. The second-order valence-electron chi connectivity index (χ2n) is 7.65. The summed E-state index contributed by atoms with van der Waals surface area (Å²) < 4.78 is 7.22. The molecule has 0 bridgehead atoms. The molecule has 0 aliphatic heterocycles. The molecular weight excluding hydrogens is 328 g/mol. The highest BCUT2D eigenvalue weighted by atomic mass is 16.5. The molecule has 0 unspecified atom stereocenters. The van der Waals surface area contributed by atoms with Gasteiger partial charge >= 0.3 is 6.03 Å². The van der Waals surface area contributed by atoms with Crippen LogP contribution in [-0.4, -0.2) is 29.5 Å². The fourth-order valence-electron chi connectivity index (χ4n) is 3.56. The number of aromatic nitrogens is 2. The fraction of sp³-hybridized carbons (Fsp3) is 0.500. The van der Waals surface area contributed by atoms with Crippen LogP contribution in [0.25, 0.3) is 5.69 Å². The molecule has 1 aliphatic carbocycles. The molecule has 1 atom stereocenters. The minimum absolute atomic E-state index is 0.0300. The number of rotatable bonds is 5. The lowest BCUT2D eigenvalue weighted by Crippen LogP contribution is -2.42. The van der Waals surface area contributed by atoms with E-state index in [2.05, 4.69) is 29.6 Å². The summed E-state index contributed by atoms with van der Waals surface area (Å²) in [4.78, 5) is 12.2. The van der Waals surface area contributed by atoms with E-state index in [1.165, 1.54) is 0 Å². The molecule has 3 rings (SSSR count). The van der Waals surface area contributed by atoms with Gasteiger partial charge in [0.2, 0.25) is 0 Å². The summed E-state index contributed by atoms with van der Waals surface area (Å²) in [7, 11) is 1.66. The average Bonchev–Trinajstić information content (AvgIpc) is 3.02. The van der Waals surface area contributed by atoms with Gasteiger partial charge in [-0.2, -0.15) is 5.10 Å². The van der Waals surface area contributed by atoms with Crippen LogP contribution in [0.1, 0.15) is 50.9 Å². The normalized spacial score (nSPS) is 18.1. The first-order valence-corrected chi connectivity index (χ1v) is 9.19. The molecule has 0 fully saturated rings. The number of carbonyl (C=O) groups is 1. The third kappa shape index (κ3) is 3.84. The van der Waals surface area contributed by atoms with Gasteiger partial charge in [0.15, 0.2) is 0 Å². The Hall–Kier alpha value is -2.50. The molecule has 1 aliphatic rings. The van der Waals surface area contributed by atoms with Crippen LogP contribution in [0.4, 0.5) is 4.79 Å². The van der Waals surface area contributed by atoms with E-state index in [4.69, 9.17) is 4.74 Å². The number of fused-ring (bicyclic) bond motifs is 1. The summed E-state index contributed by atoms with van der Waals surface area (Å²) in [6.45, 7) is 7.20.